The second-order valence-corrected chi connectivity index (χ2v) is 5.80. The van der Waals surface area contributed by atoms with Gasteiger partial charge in [-0.2, -0.15) is 0 Å². The van der Waals surface area contributed by atoms with Gasteiger partial charge in [0, 0.05) is 25.3 Å². The molecular weight excluding hydrogens is 222 g/mol. The minimum atomic E-state index is -0.474. The Hall–Kier alpha value is -1.31. The lowest BCUT2D eigenvalue weighted by Gasteiger charge is -2.26. The van der Waals surface area contributed by atoms with E-state index in [1.54, 1.807) is 0 Å². The number of benzene rings is 1. The topological polar surface area (TPSA) is 26.1 Å². The highest BCUT2D eigenvalue weighted by Crippen LogP contribution is 2.26. The number of nitrogens with zero attached hydrogens (tertiary/aromatic N) is 1. The van der Waals surface area contributed by atoms with Crippen LogP contribution in [0.4, 0.5) is 0 Å². The first-order valence-electron chi connectivity index (χ1n) is 6.97. The number of hydrogen-bond donors (Lipinski definition) is 0. The molecule has 0 spiro atoms. The van der Waals surface area contributed by atoms with Gasteiger partial charge in [-0.3, -0.25) is 0 Å². The first kappa shape index (κ1) is 13.1. The van der Waals surface area contributed by atoms with E-state index < -0.39 is 5.54 Å². The molecule has 0 saturated heterocycles. The Bertz CT molecular complexity index is 402. The molecule has 2 nitrogen and oxygen atoms in total. The van der Waals surface area contributed by atoms with Gasteiger partial charge in [0.1, 0.15) is 0 Å². The van der Waals surface area contributed by atoms with Gasteiger partial charge in [0.25, 0.3) is 0 Å². The summed E-state index contributed by atoms with van der Waals surface area (Å²) in [5, 5.41) is 12.4. The molecule has 1 aliphatic carbocycles. The summed E-state index contributed by atoms with van der Waals surface area (Å²) in [4.78, 5) is 0. The zero-order valence-corrected chi connectivity index (χ0v) is 11.4. The predicted molar refractivity (Wildman–Crippen MR) is 75.7 cm³/mol. The van der Waals surface area contributed by atoms with Crippen molar-refractivity contribution in [3.8, 4) is 0 Å². The molecule has 0 heterocycles. The molecule has 2 heteroatoms. The first-order valence-corrected chi connectivity index (χ1v) is 6.97. The molecule has 18 heavy (non-hydrogen) atoms. The number of hydroxylamine groups is 1. The average molecular weight is 245 g/mol. The normalized spacial score (nSPS) is 18.9. The van der Waals surface area contributed by atoms with Gasteiger partial charge in [0.2, 0.25) is 0 Å². The minimum Gasteiger partial charge on any atom is -0.623 e. The van der Waals surface area contributed by atoms with Gasteiger partial charge < -0.3 is 5.21 Å². The van der Waals surface area contributed by atoms with Crippen LogP contribution in [0.2, 0.25) is 0 Å². The van der Waals surface area contributed by atoms with Crippen molar-refractivity contribution in [2.24, 2.45) is 5.92 Å². The summed E-state index contributed by atoms with van der Waals surface area (Å²) in [5.74, 6) is 0.472. The van der Waals surface area contributed by atoms with Gasteiger partial charge >= 0.3 is 0 Å². The maximum absolute atomic E-state index is 12.4. The van der Waals surface area contributed by atoms with E-state index >= 15 is 0 Å². The van der Waals surface area contributed by atoms with Crippen molar-refractivity contribution in [3.63, 3.8) is 0 Å². The Balaban J connectivity index is 2.15. The lowest BCUT2D eigenvalue weighted by Crippen LogP contribution is -2.32. The molecule has 0 N–H and O–H groups in total. The van der Waals surface area contributed by atoms with Crippen LogP contribution in [0.5, 0.6) is 0 Å². The second kappa shape index (κ2) is 5.55. The monoisotopic (exact) mass is 245 g/mol. The van der Waals surface area contributed by atoms with Crippen LogP contribution in [-0.2, 0) is 5.54 Å². The molecule has 0 aliphatic heterocycles. The van der Waals surface area contributed by atoms with Crippen LogP contribution < -0.4 is 0 Å². The van der Waals surface area contributed by atoms with Crippen molar-refractivity contribution in [1.82, 2.24) is 0 Å². The van der Waals surface area contributed by atoms with E-state index in [1.807, 2.05) is 50.4 Å². The van der Waals surface area contributed by atoms with Gasteiger partial charge in [-0.25, -0.2) is 4.74 Å². The van der Waals surface area contributed by atoms with Crippen molar-refractivity contribution in [3.05, 3.63) is 41.1 Å². The molecular formula is C16H23NO. The highest BCUT2D eigenvalue weighted by atomic mass is 16.5. The number of rotatable bonds is 3. The van der Waals surface area contributed by atoms with Crippen LogP contribution >= 0.6 is 0 Å². The van der Waals surface area contributed by atoms with Gasteiger partial charge in [0.15, 0.2) is 11.8 Å². The van der Waals surface area contributed by atoms with Crippen LogP contribution in [0.15, 0.2) is 30.3 Å². The fourth-order valence-corrected chi connectivity index (χ4v) is 2.63. The largest absolute Gasteiger partial charge is 0.623 e. The summed E-state index contributed by atoms with van der Waals surface area (Å²) in [7, 11) is 0. The van der Waals surface area contributed by atoms with E-state index in [4.69, 9.17) is 0 Å². The fraction of sp³-hybridized carbons (Fsp3) is 0.562. The van der Waals surface area contributed by atoms with Crippen LogP contribution in [0.25, 0.3) is 0 Å². The smallest absolute Gasteiger partial charge is 0.192 e. The molecule has 1 aliphatic rings. The Morgan fingerprint density at radius 3 is 2.33 bits per heavy atom. The van der Waals surface area contributed by atoms with Gasteiger partial charge in [0.05, 0.1) is 0 Å². The molecule has 0 unspecified atom stereocenters. The molecule has 1 saturated carbocycles. The van der Waals surface area contributed by atoms with Crippen molar-refractivity contribution < 1.29 is 4.74 Å². The van der Waals surface area contributed by atoms with Crippen LogP contribution in [-0.4, -0.2) is 11.0 Å². The molecule has 0 radical (unpaired) electrons. The zero-order chi connectivity index (χ0) is 13.0. The predicted octanol–water partition coefficient (Wildman–Crippen LogP) is 4.08. The maximum atomic E-state index is 12.4. The maximum Gasteiger partial charge on any atom is 0.192 e. The first-order chi connectivity index (χ1) is 8.60. The SMILES string of the molecule is CC(C)(c1ccccc1)/[N+]([O-])=C/C1CCCCC1. The molecule has 1 fully saturated rings. The Labute approximate surface area is 110 Å². The standard InChI is InChI=1S/C16H23NO/c1-16(2,15-11-7-4-8-12-15)17(18)13-14-9-5-3-6-10-14/h4,7-8,11-14H,3,5-6,9-10H2,1-2H3/b17-13-. The van der Waals surface area contributed by atoms with Crippen LogP contribution in [0, 0.1) is 11.1 Å². The molecule has 2 rings (SSSR count). The molecule has 0 atom stereocenters. The molecule has 98 valence electrons. The minimum absolute atomic E-state index is 0.472. The summed E-state index contributed by atoms with van der Waals surface area (Å²) in [6.45, 7) is 3.99. The molecule has 1 aromatic carbocycles. The second-order valence-electron chi connectivity index (χ2n) is 5.80. The summed E-state index contributed by atoms with van der Waals surface area (Å²) in [5.41, 5.74) is 0.602. The fourth-order valence-electron chi connectivity index (χ4n) is 2.63. The van der Waals surface area contributed by atoms with Crippen LogP contribution in [0.3, 0.4) is 0 Å². The Morgan fingerprint density at radius 2 is 1.72 bits per heavy atom. The summed E-state index contributed by atoms with van der Waals surface area (Å²) in [6.07, 6.45) is 8.10. The lowest BCUT2D eigenvalue weighted by molar-refractivity contribution is -0.547. The molecule has 1 aromatic rings. The highest BCUT2D eigenvalue weighted by molar-refractivity contribution is 5.55. The van der Waals surface area contributed by atoms with E-state index in [2.05, 4.69) is 0 Å². The Kier molecular flexibility index (Phi) is 4.05. The van der Waals surface area contributed by atoms with Crippen molar-refractivity contribution >= 4 is 6.21 Å². The highest BCUT2D eigenvalue weighted by Gasteiger charge is 2.29. The van der Waals surface area contributed by atoms with E-state index in [1.165, 1.54) is 36.8 Å². The van der Waals surface area contributed by atoms with Crippen molar-refractivity contribution in [1.29, 1.82) is 0 Å². The van der Waals surface area contributed by atoms with E-state index in [0.29, 0.717) is 5.92 Å². The summed E-state index contributed by atoms with van der Waals surface area (Å²) < 4.78 is 1.16. The third-order valence-corrected chi connectivity index (χ3v) is 4.03. The van der Waals surface area contributed by atoms with Gasteiger partial charge in [-0.1, -0.05) is 49.6 Å². The van der Waals surface area contributed by atoms with E-state index in [-0.39, 0.29) is 0 Å². The third-order valence-electron chi connectivity index (χ3n) is 4.03. The lowest BCUT2D eigenvalue weighted by atomic mass is 9.89. The van der Waals surface area contributed by atoms with Crippen molar-refractivity contribution in [2.45, 2.75) is 51.5 Å². The molecule has 0 aromatic heterocycles. The number of hydrogen-bond acceptors (Lipinski definition) is 1. The Morgan fingerprint density at radius 1 is 1.11 bits per heavy atom. The third kappa shape index (κ3) is 2.92. The van der Waals surface area contributed by atoms with E-state index in [0.717, 1.165) is 5.56 Å². The van der Waals surface area contributed by atoms with Crippen LogP contribution in [0.1, 0.15) is 51.5 Å². The molecule has 0 amide bonds. The van der Waals surface area contributed by atoms with Crippen molar-refractivity contribution in [2.75, 3.05) is 0 Å². The quantitative estimate of drug-likeness (QED) is 0.341. The van der Waals surface area contributed by atoms with Gasteiger partial charge in [-0.15, -0.1) is 0 Å². The summed E-state index contributed by atoms with van der Waals surface area (Å²) in [6, 6.07) is 10.0. The van der Waals surface area contributed by atoms with E-state index in [9.17, 15) is 5.21 Å². The summed E-state index contributed by atoms with van der Waals surface area (Å²) >= 11 is 0. The van der Waals surface area contributed by atoms with Gasteiger partial charge in [-0.05, 0) is 12.8 Å². The molecule has 0 bridgehead atoms. The average Bonchev–Trinajstić information content (AvgIpc) is 2.41. The zero-order valence-electron chi connectivity index (χ0n) is 11.4.